The van der Waals surface area contributed by atoms with Gasteiger partial charge in [0.25, 0.3) is 0 Å². The number of carboxylic acid groups (broad SMARTS) is 1. The van der Waals surface area contributed by atoms with Gasteiger partial charge >= 0.3 is 5.97 Å². The third-order valence-corrected chi connectivity index (χ3v) is 8.23. The zero-order chi connectivity index (χ0) is 23.2. The van der Waals surface area contributed by atoms with Crippen molar-refractivity contribution in [2.45, 2.75) is 67.2 Å². The lowest BCUT2D eigenvalue weighted by Crippen LogP contribution is -2.66. The smallest absolute Gasteiger partial charge is 0.335 e. The summed E-state index contributed by atoms with van der Waals surface area (Å²) in [5.74, 6) is -0.824. The second kappa shape index (κ2) is 7.14. The monoisotopic (exact) mass is 461 g/mol. The molecule has 10 nitrogen and oxygen atoms in total. The lowest BCUT2D eigenvalue weighted by atomic mass is 9.53. The second-order valence-corrected chi connectivity index (χ2v) is 9.78. The minimum absolute atomic E-state index is 0.0610. The molecule has 3 aliphatic heterocycles. The highest BCUT2D eigenvalue weighted by Gasteiger charge is 2.65. The Kier molecular flexibility index (Phi) is 4.62. The number of piperidine rings is 1. The number of benzene rings is 1. The second-order valence-electron chi connectivity index (χ2n) is 9.78. The van der Waals surface area contributed by atoms with E-state index in [1.165, 1.54) is 0 Å². The van der Waals surface area contributed by atoms with Crippen molar-refractivity contribution in [1.82, 2.24) is 4.90 Å². The van der Waals surface area contributed by atoms with Crippen molar-refractivity contribution < 1.29 is 44.5 Å². The van der Waals surface area contributed by atoms with Gasteiger partial charge < -0.3 is 44.6 Å². The standard InChI is InChI=1S/C23H27NO9/c1-24-7-6-23-10-3-5-13(31-22-17(28)15(26)16(27)19(33-22)21(29)30)20(23)32-18-12(25)4-2-9(14(18)23)8-11(10)24/h2-5,10-11,13,15-17,19-20,22,25-28H,6-8H2,1H3,(H,29,30)/t10-,11?,13-,15?,16-,17-,19?,20-,22+,23-/m0/s1. The first-order valence-electron chi connectivity index (χ1n) is 11.2. The molecular weight excluding hydrogens is 434 g/mol. The van der Waals surface area contributed by atoms with Gasteiger partial charge in [0.15, 0.2) is 23.9 Å². The number of aliphatic carboxylic acids is 1. The molecular formula is C23H27NO9. The molecule has 0 saturated carbocycles. The zero-order valence-electron chi connectivity index (χ0n) is 17.9. The number of aliphatic hydroxyl groups excluding tert-OH is 3. The van der Waals surface area contributed by atoms with Crippen molar-refractivity contribution in [3.05, 3.63) is 35.4 Å². The summed E-state index contributed by atoms with van der Waals surface area (Å²) in [5.41, 5.74) is 1.69. The van der Waals surface area contributed by atoms with Crippen LogP contribution < -0.4 is 4.74 Å². The van der Waals surface area contributed by atoms with Gasteiger partial charge in [0.1, 0.15) is 30.5 Å². The molecule has 3 heterocycles. The van der Waals surface area contributed by atoms with Gasteiger partial charge in [-0.25, -0.2) is 4.79 Å². The summed E-state index contributed by atoms with van der Waals surface area (Å²) in [6.07, 6.45) is -4.16. The summed E-state index contributed by atoms with van der Waals surface area (Å²) < 4.78 is 17.7. The molecule has 1 spiro atoms. The average molecular weight is 461 g/mol. The lowest BCUT2D eigenvalue weighted by molar-refractivity contribution is -0.307. The van der Waals surface area contributed by atoms with Gasteiger partial charge in [-0.3, -0.25) is 0 Å². The minimum Gasteiger partial charge on any atom is -0.504 e. The van der Waals surface area contributed by atoms with E-state index < -0.39 is 54.3 Å². The molecule has 2 aliphatic carbocycles. The third kappa shape index (κ3) is 2.73. The Morgan fingerprint density at radius 1 is 1.18 bits per heavy atom. The molecule has 6 rings (SSSR count). The molecule has 2 fully saturated rings. The summed E-state index contributed by atoms with van der Waals surface area (Å²) >= 11 is 0. The van der Waals surface area contributed by atoms with Crippen LogP contribution >= 0.6 is 0 Å². The van der Waals surface area contributed by atoms with Crippen LogP contribution in [0.3, 0.4) is 0 Å². The zero-order valence-corrected chi connectivity index (χ0v) is 17.9. The SMILES string of the molecule is CN1CC[C@]23c4c5ccc(O)c4O[C@H]2[C@@H](O[C@@H]2OC(C(=O)O)[C@@H](O)C(O)[C@@H]2O)C=C[C@H]3C1C5. The fraction of sp³-hybridized carbons (Fsp3) is 0.609. The topological polar surface area (TPSA) is 149 Å². The molecule has 3 unspecified atom stereocenters. The number of carboxylic acids is 1. The van der Waals surface area contributed by atoms with E-state index in [2.05, 4.69) is 18.0 Å². The van der Waals surface area contributed by atoms with Crippen LogP contribution in [-0.2, 0) is 26.1 Å². The molecule has 2 bridgehead atoms. The number of rotatable bonds is 3. The molecule has 1 aromatic carbocycles. The Labute approximate surface area is 189 Å². The molecule has 2 saturated heterocycles. The summed E-state index contributed by atoms with van der Waals surface area (Å²) in [4.78, 5) is 13.8. The normalized spacial score (nSPS) is 45.4. The number of phenols is 1. The maximum atomic E-state index is 11.5. The average Bonchev–Trinajstić information content (AvgIpc) is 3.14. The number of aromatic hydroxyl groups is 1. The highest BCUT2D eigenvalue weighted by Crippen LogP contribution is 2.62. The predicted molar refractivity (Wildman–Crippen MR) is 111 cm³/mol. The Bertz CT molecular complexity index is 1030. The fourth-order valence-corrected chi connectivity index (χ4v) is 6.66. The van der Waals surface area contributed by atoms with Crippen LogP contribution in [-0.4, -0.2) is 98.9 Å². The number of hydrogen-bond donors (Lipinski definition) is 5. The van der Waals surface area contributed by atoms with Gasteiger partial charge in [0, 0.05) is 22.9 Å². The van der Waals surface area contributed by atoms with Crippen LogP contribution in [0.25, 0.3) is 0 Å². The van der Waals surface area contributed by atoms with Crippen LogP contribution in [0, 0.1) is 5.92 Å². The van der Waals surface area contributed by atoms with Gasteiger partial charge in [0.2, 0.25) is 0 Å². The van der Waals surface area contributed by atoms with E-state index in [1.54, 1.807) is 6.07 Å². The Hall–Kier alpha value is -2.21. The summed E-state index contributed by atoms with van der Waals surface area (Å²) in [5, 5.41) is 50.5. The van der Waals surface area contributed by atoms with E-state index in [9.17, 15) is 30.3 Å². The van der Waals surface area contributed by atoms with Crippen molar-refractivity contribution in [3.8, 4) is 11.5 Å². The van der Waals surface area contributed by atoms with E-state index in [-0.39, 0.29) is 17.7 Å². The molecule has 1 aromatic rings. The minimum atomic E-state index is -1.79. The van der Waals surface area contributed by atoms with Crippen LogP contribution in [0.15, 0.2) is 24.3 Å². The van der Waals surface area contributed by atoms with Crippen molar-refractivity contribution in [2.75, 3.05) is 13.6 Å². The van der Waals surface area contributed by atoms with E-state index >= 15 is 0 Å². The summed E-state index contributed by atoms with van der Waals surface area (Å²) in [7, 11) is 2.11. The number of likely N-dealkylation sites (N-methyl/N-ethyl adjacent to an activating group) is 1. The first-order valence-corrected chi connectivity index (χ1v) is 11.2. The Morgan fingerprint density at radius 2 is 1.97 bits per heavy atom. The maximum absolute atomic E-state index is 11.5. The van der Waals surface area contributed by atoms with Gasteiger partial charge in [-0.2, -0.15) is 0 Å². The summed E-state index contributed by atoms with van der Waals surface area (Å²) in [6.45, 7) is 0.838. The predicted octanol–water partition coefficient (Wildman–Crippen LogP) is -0.885. The third-order valence-electron chi connectivity index (χ3n) is 8.23. The fourth-order valence-electron chi connectivity index (χ4n) is 6.66. The number of aliphatic hydroxyl groups is 3. The largest absolute Gasteiger partial charge is 0.504 e. The van der Waals surface area contributed by atoms with E-state index in [0.29, 0.717) is 5.75 Å². The van der Waals surface area contributed by atoms with Crippen LogP contribution in [0.2, 0.25) is 0 Å². The number of nitrogens with zero attached hydrogens (tertiary/aromatic N) is 1. The molecule has 10 atom stereocenters. The number of ether oxygens (including phenoxy) is 3. The van der Waals surface area contributed by atoms with Crippen molar-refractivity contribution in [3.63, 3.8) is 0 Å². The molecule has 0 radical (unpaired) electrons. The van der Waals surface area contributed by atoms with E-state index in [0.717, 1.165) is 30.5 Å². The molecule has 0 amide bonds. The van der Waals surface area contributed by atoms with Gasteiger partial charge in [0.05, 0.1) is 0 Å². The number of likely N-dealkylation sites (tertiary alicyclic amines) is 1. The van der Waals surface area contributed by atoms with Crippen molar-refractivity contribution >= 4 is 5.97 Å². The molecule has 33 heavy (non-hydrogen) atoms. The number of phenolic OH excluding ortho intramolecular Hbond substituents is 1. The summed E-state index contributed by atoms with van der Waals surface area (Å²) in [6, 6.07) is 3.85. The first kappa shape index (κ1) is 21.3. The molecule has 0 aromatic heterocycles. The molecule has 5 N–H and O–H groups in total. The molecule has 178 valence electrons. The van der Waals surface area contributed by atoms with Crippen molar-refractivity contribution in [2.24, 2.45) is 5.92 Å². The van der Waals surface area contributed by atoms with Gasteiger partial charge in [-0.1, -0.05) is 18.2 Å². The Morgan fingerprint density at radius 3 is 2.73 bits per heavy atom. The van der Waals surface area contributed by atoms with E-state index in [4.69, 9.17) is 14.2 Å². The molecule has 5 aliphatic rings. The lowest BCUT2D eigenvalue weighted by Gasteiger charge is -2.57. The van der Waals surface area contributed by atoms with Gasteiger partial charge in [-0.05, 0) is 38.1 Å². The Balaban J connectivity index is 1.38. The maximum Gasteiger partial charge on any atom is 0.335 e. The highest BCUT2D eigenvalue weighted by atomic mass is 16.7. The number of hydrogen-bond acceptors (Lipinski definition) is 9. The van der Waals surface area contributed by atoms with Crippen LogP contribution in [0.1, 0.15) is 17.5 Å². The molecule has 10 heteroatoms. The van der Waals surface area contributed by atoms with Gasteiger partial charge in [-0.15, -0.1) is 0 Å². The van der Waals surface area contributed by atoms with E-state index in [1.807, 2.05) is 12.1 Å². The van der Waals surface area contributed by atoms with Crippen LogP contribution in [0.5, 0.6) is 11.5 Å². The number of carbonyl (C=O) groups is 1. The quantitative estimate of drug-likeness (QED) is 0.359. The highest BCUT2D eigenvalue weighted by molar-refractivity contribution is 5.73. The first-order chi connectivity index (χ1) is 15.7. The van der Waals surface area contributed by atoms with Crippen molar-refractivity contribution in [1.29, 1.82) is 0 Å². The van der Waals surface area contributed by atoms with Crippen LogP contribution in [0.4, 0.5) is 0 Å².